The molecule has 0 bridgehead atoms. The van der Waals surface area contributed by atoms with E-state index in [0.717, 1.165) is 12.8 Å². The fourth-order valence-electron chi connectivity index (χ4n) is 11.4. The van der Waals surface area contributed by atoms with Gasteiger partial charge < -0.3 is 9.80 Å². The highest BCUT2D eigenvalue weighted by Gasteiger charge is 2.51. The van der Waals surface area contributed by atoms with Crippen LogP contribution in [0.3, 0.4) is 0 Å². The molecule has 2 heterocycles. The maximum atomic E-state index is 2.95. The Morgan fingerprint density at radius 3 is 1.63 bits per heavy atom. The molecule has 0 radical (unpaired) electrons. The lowest BCUT2D eigenvalue weighted by atomic mass is 9.30. The third-order valence-corrected chi connectivity index (χ3v) is 15.3. The van der Waals surface area contributed by atoms with Gasteiger partial charge in [0.15, 0.2) is 0 Å². The molecule has 0 fully saturated rings. The van der Waals surface area contributed by atoms with E-state index in [9.17, 15) is 0 Å². The molecule has 0 saturated carbocycles. The van der Waals surface area contributed by atoms with Crippen LogP contribution in [0.1, 0.15) is 157 Å². The van der Waals surface area contributed by atoms with Gasteiger partial charge in [-0.3, -0.25) is 0 Å². The lowest BCUT2D eigenvalue weighted by molar-refractivity contribution is 0.504. The van der Waals surface area contributed by atoms with E-state index >= 15 is 0 Å². The van der Waals surface area contributed by atoms with E-state index in [2.05, 4.69) is 249 Å². The topological polar surface area (TPSA) is 6.48 Å². The number of hydrogen-bond donors (Lipinski definition) is 0. The molecular formula is C64H77BN2. The fourth-order valence-corrected chi connectivity index (χ4v) is 11.4. The van der Waals surface area contributed by atoms with Crippen molar-refractivity contribution in [1.29, 1.82) is 0 Å². The standard InChI is InChI=1S/C64H77BN2/c1-40-18-31-53(48(36-40)42-20-24-44(25-21-42)60(3,4)5)66-55-33-28-46(62(9,10)11)38-51(55)65-52-39-47(63(12,13)14)29-34-56(52)67(59-50(64(15,16)17)30-35-57(66)58(59)65)54-32-19-41(2)37-49(54)43-22-26-45(27-23-43)61(6,7)8/h18-31,33,35-39,54,56H,32,34H2,1-17H3. The number of hydrogen-bond acceptors (Lipinski definition) is 2. The maximum Gasteiger partial charge on any atom is 0.247 e. The minimum atomic E-state index is -0.115. The first-order chi connectivity index (χ1) is 31.2. The summed E-state index contributed by atoms with van der Waals surface area (Å²) in [4.78, 5) is 5.60. The maximum absolute atomic E-state index is 2.95. The van der Waals surface area contributed by atoms with Crippen LogP contribution < -0.4 is 20.7 Å². The summed E-state index contributed by atoms with van der Waals surface area (Å²) >= 11 is 0. The molecule has 346 valence electrons. The van der Waals surface area contributed by atoms with E-state index in [1.807, 2.05) is 0 Å². The van der Waals surface area contributed by atoms with Gasteiger partial charge in [0.2, 0.25) is 6.71 Å². The molecule has 2 unspecified atom stereocenters. The second kappa shape index (κ2) is 16.2. The minimum Gasteiger partial charge on any atom is -0.358 e. The van der Waals surface area contributed by atoms with Gasteiger partial charge in [0.25, 0.3) is 0 Å². The third-order valence-electron chi connectivity index (χ3n) is 15.3. The number of anilines is 4. The van der Waals surface area contributed by atoms with Crippen LogP contribution in [-0.2, 0) is 21.7 Å². The highest BCUT2D eigenvalue weighted by Crippen LogP contribution is 2.52. The van der Waals surface area contributed by atoms with Crippen LogP contribution in [0.25, 0.3) is 16.7 Å². The van der Waals surface area contributed by atoms with Crippen molar-refractivity contribution in [2.75, 3.05) is 9.80 Å². The van der Waals surface area contributed by atoms with Gasteiger partial charge in [0, 0.05) is 28.7 Å². The summed E-state index contributed by atoms with van der Waals surface area (Å²) in [5.41, 5.74) is 24.5. The Balaban J connectivity index is 1.38. The van der Waals surface area contributed by atoms with Crippen molar-refractivity contribution in [2.45, 2.75) is 164 Å². The SMILES string of the molecule is CC1=CCC(N2c3c(C(C)(C)C)ccc4c3B(C3=CC(C(C)(C)C)=CCC32)c2cc(C(C)(C)C)ccc2N4c2ccc(C)cc2-c2ccc(C(C)(C)C)cc2)C(c2ccc(C(C)(C)C)cc2)=C1. The zero-order valence-electron chi connectivity index (χ0n) is 44.1. The molecule has 5 aromatic rings. The molecule has 0 spiro atoms. The van der Waals surface area contributed by atoms with Crippen molar-refractivity contribution in [3.8, 4) is 11.1 Å². The number of nitrogens with zero attached hydrogens (tertiary/aromatic N) is 2. The van der Waals surface area contributed by atoms with Gasteiger partial charge in [-0.25, -0.2) is 0 Å². The van der Waals surface area contributed by atoms with Crippen LogP contribution in [-0.4, -0.2) is 18.8 Å². The zero-order valence-corrected chi connectivity index (χ0v) is 44.1. The average molecular weight is 885 g/mol. The largest absolute Gasteiger partial charge is 0.358 e. The highest BCUT2D eigenvalue weighted by atomic mass is 15.2. The third kappa shape index (κ3) is 8.42. The predicted molar refractivity (Wildman–Crippen MR) is 294 cm³/mol. The number of rotatable bonds is 4. The molecule has 2 aliphatic carbocycles. The van der Waals surface area contributed by atoms with Gasteiger partial charge in [0.05, 0.1) is 11.7 Å². The number of aryl methyl sites for hydroxylation is 1. The Kier molecular flexibility index (Phi) is 11.3. The average Bonchev–Trinajstić information content (AvgIpc) is 3.24. The molecule has 0 N–H and O–H groups in total. The number of benzene rings is 5. The van der Waals surface area contributed by atoms with Gasteiger partial charge in [-0.2, -0.15) is 0 Å². The molecular weight excluding hydrogens is 808 g/mol. The van der Waals surface area contributed by atoms with Crippen LogP contribution in [0.5, 0.6) is 0 Å². The van der Waals surface area contributed by atoms with Crippen LogP contribution in [0.15, 0.2) is 138 Å². The first-order valence-electron chi connectivity index (χ1n) is 25.2. The summed E-state index contributed by atoms with van der Waals surface area (Å²) in [5, 5.41) is 0. The van der Waals surface area contributed by atoms with Gasteiger partial charge in [0.1, 0.15) is 0 Å². The summed E-state index contributed by atoms with van der Waals surface area (Å²) in [5.74, 6) is 0. The molecule has 2 nitrogen and oxygen atoms in total. The van der Waals surface area contributed by atoms with E-state index in [0.29, 0.717) is 0 Å². The van der Waals surface area contributed by atoms with E-state index in [1.54, 1.807) is 0 Å². The molecule has 3 heteroatoms. The van der Waals surface area contributed by atoms with Crippen molar-refractivity contribution >= 4 is 46.0 Å². The van der Waals surface area contributed by atoms with Crippen molar-refractivity contribution in [2.24, 2.45) is 5.41 Å². The number of fused-ring (bicyclic) bond motifs is 4. The molecule has 9 rings (SSSR count). The summed E-state index contributed by atoms with van der Waals surface area (Å²) in [6, 6.07) is 38.9. The Hall–Kier alpha value is -5.28. The van der Waals surface area contributed by atoms with Crippen molar-refractivity contribution < 1.29 is 0 Å². The molecule has 0 aromatic heterocycles. The Labute approximate surface area is 406 Å². The van der Waals surface area contributed by atoms with Gasteiger partial charge >= 0.3 is 0 Å². The van der Waals surface area contributed by atoms with Gasteiger partial charge in [-0.05, 0) is 133 Å². The van der Waals surface area contributed by atoms with E-state index in [1.165, 1.54) is 100 Å². The van der Waals surface area contributed by atoms with Crippen LogP contribution >= 0.6 is 0 Å². The summed E-state index contributed by atoms with van der Waals surface area (Å²) in [6.07, 6.45) is 12.2. The first kappa shape index (κ1) is 46.8. The van der Waals surface area contributed by atoms with Crippen molar-refractivity contribution in [3.63, 3.8) is 0 Å². The highest BCUT2D eigenvalue weighted by molar-refractivity contribution is 6.95. The Morgan fingerprint density at radius 1 is 0.493 bits per heavy atom. The second-order valence-corrected chi connectivity index (χ2v) is 25.6. The van der Waals surface area contributed by atoms with E-state index in [4.69, 9.17) is 0 Å². The predicted octanol–water partition coefficient (Wildman–Crippen LogP) is 16.1. The molecule has 2 atom stereocenters. The van der Waals surface area contributed by atoms with Crippen LogP contribution in [0.2, 0.25) is 0 Å². The Morgan fingerprint density at radius 2 is 1.04 bits per heavy atom. The van der Waals surface area contributed by atoms with E-state index < -0.39 is 0 Å². The quantitative estimate of drug-likeness (QED) is 0.166. The summed E-state index contributed by atoms with van der Waals surface area (Å²) < 4.78 is 0. The van der Waals surface area contributed by atoms with Crippen LogP contribution in [0.4, 0.5) is 22.7 Å². The van der Waals surface area contributed by atoms with E-state index in [-0.39, 0.29) is 45.9 Å². The van der Waals surface area contributed by atoms with Gasteiger partial charge in [-0.1, -0.05) is 218 Å². The van der Waals surface area contributed by atoms with Crippen LogP contribution in [0, 0.1) is 12.3 Å². The van der Waals surface area contributed by atoms with Crippen molar-refractivity contribution in [1.82, 2.24) is 0 Å². The molecule has 0 amide bonds. The normalized spacial score (nSPS) is 18.7. The second-order valence-electron chi connectivity index (χ2n) is 25.6. The molecule has 4 aliphatic rings. The fraction of sp³-hybridized carbons (Fsp3) is 0.406. The smallest absolute Gasteiger partial charge is 0.247 e. The van der Waals surface area contributed by atoms with Gasteiger partial charge in [-0.15, -0.1) is 0 Å². The van der Waals surface area contributed by atoms with Crippen molar-refractivity contribution in [3.05, 3.63) is 171 Å². The lowest BCUT2D eigenvalue weighted by Crippen LogP contribution is -2.64. The molecule has 2 aliphatic heterocycles. The number of allylic oxidation sites excluding steroid dienone is 4. The summed E-state index contributed by atoms with van der Waals surface area (Å²) in [6.45, 7) is 40.1. The monoisotopic (exact) mass is 885 g/mol. The molecule has 5 aromatic carbocycles. The Bertz CT molecular complexity index is 2880. The minimum absolute atomic E-state index is 0.0137. The zero-order chi connectivity index (χ0) is 48.3. The summed E-state index contributed by atoms with van der Waals surface area (Å²) in [7, 11) is 0. The molecule has 0 saturated heterocycles. The molecule has 67 heavy (non-hydrogen) atoms. The lowest BCUT2D eigenvalue weighted by Gasteiger charge is -2.54. The first-order valence-corrected chi connectivity index (χ1v) is 25.2.